The van der Waals surface area contributed by atoms with Crippen molar-refractivity contribution in [3.05, 3.63) is 83.9 Å². The molecule has 166 valence electrons. The molecule has 0 saturated heterocycles. The molecule has 0 fully saturated rings. The van der Waals surface area contributed by atoms with Gasteiger partial charge in [0.2, 0.25) is 0 Å². The standard InChI is InChI=1S/C28H31O3P/c1-27(2,3)25-11-7-9-19-13-15-21(17-23(19)25)30-32(29)31-22-16-14-20-10-8-12-26(24(20)18-22)28(4,5)6/h7-18,29H,1-6H3. The van der Waals surface area contributed by atoms with E-state index in [1.54, 1.807) is 0 Å². The molecular formula is C28H31O3P. The fraction of sp³-hybridized carbons (Fsp3) is 0.286. The van der Waals surface area contributed by atoms with Crippen molar-refractivity contribution in [2.75, 3.05) is 0 Å². The first-order valence-corrected chi connectivity index (χ1v) is 12.1. The second kappa shape index (κ2) is 8.39. The van der Waals surface area contributed by atoms with Crippen LogP contribution in [0.5, 0.6) is 11.5 Å². The first-order chi connectivity index (χ1) is 15.0. The minimum atomic E-state index is -2.12. The first kappa shape index (κ1) is 22.6. The van der Waals surface area contributed by atoms with E-state index in [2.05, 4.69) is 77.9 Å². The third-order valence-corrected chi connectivity index (χ3v) is 6.42. The molecular weight excluding hydrogens is 415 g/mol. The van der Waals surface area contributed by atoms with Gasteiger partial charge in [-0.25, -0.2) is 0 Å². The third kappa shape index (κ3) is 4.75. The average Bonchev–Trinajstić information content (AvgIpc) is 2.71. The van der Waals surface area contributed by atoms with Gasteiger partial charge in [-0.1, -0.05) is 90.1 Å². The predicted molar refractivity (Wildman–Crippen MR) is 136 cm³/mol. The largest absolute Gasteiger partial charge is 0.460 e. The van der Waals surface area contributed by atoms with Gasteiger partial charge < -0.3 is 13.9 Å². The van der Waals surface area contributed by atoms with Gasteiger partial charge in [-0.05, 0) is 67.8 Å². The summed E-state index contributed by atoms with van der Waals surface area (Å²) in [4.78, 5) is 10.6. The zero-order valence-corrected chi connectivity index (χ0v) is 20.5. The van der Waals surface area contributed by atoms with Crippen molar-refractivity contribution >= 4 is 30.1 Å². The molecule has 0 aliphatic carbocycles. The van der Waals surface area contributed by atoms with Crippen molar-refractivity contribution in [3.8, 4) is 11.5 Å². The van der Waals surface area contributed by atoms with Crippen LogP contribution in [0.2, 0.25) is 0 Å². The maximum atomic E-state index is 10.6. The van der Waals surface area contributed by atoms with Crippen molar-refractivity contribution in [1.82, 2.24) is 0 Å². The molecule has 0 amide bonds. The molecule has 0 bridgehead atoms. The summed E-state index contributed by atoms with van der Waals surface area (Å²) < 4.78 is 11.6. The van der Waals surface area contributed by atoms with Crippen LogP contribution < -0.4 is 9.05 Å². The zero-order valence-electron chi connectivity index (χ0n) is 19.6. The topological polar surface area (TPSA) is 38.7 Å². The van der Waals surface area contributed by atoms with Crippen LogP contribution >= 0.6 is 8.60 Å². The van der Waals surface area contributed by atoms with Gasteiger partial charge >= 0.3 is 8.60 Å². The van der Waals surface area contributed by atoms with Crippen LogP contribution in [-0.2, 0) is 10.8 Å². The van der Waals surface area contributed by atoms with Gasteiger partial charge in [-0.2, -0.15) is 0 Å². The van der Waals surface area contributed by atoms with Crippen LogP contribution in [0.4, 0.5) is 0 Å². The van der Waals surface area contributed by atoms with Crippen molar-refractivity contribution in [2.24, 2.45) is 0 Å². The minimum Gasteiger partial charge on any atom is -0.418 e. The molecule has 0 unspecified atom stereocenters. The molecule has 0 aromatic heterocycles. The monoisotopic (exact) mass is 446 g/mol. The Bertz CT molecular complexity index is 1170. The molecule has 0 saturated carbocycles. The summed E-state index contributed by atoms with van der Waals surface area (Å²) in [5.74, 6) is 1.19. The minimum absolute atomic E-state index is 0.00837. The second-order valence-electron chi connectivity index (χ2n) is 10.3. The maximum absolute atomic E-state index is 10.6. The van der Waals surface area contributed by atoms with Crippen molar-refractivity contribution in [2.45, 2.75) is 52.4 Å². The van der Waals surface area contributed by atoms with Gasteiger partial charge in [0.15, 0.2) is 0 Å². The van der Waals surface area contributed by atoms with Gasteiger partial charge in [0, 0.05) is 0 Å². The number of rotatable bonds is 4. The summed E-state index contributed by atoms with van der Waals surface area (Å²) in [6, 6.07) is 24.4. The fourth-order valence-corrected chi connectivity index (χ4v) is 4.75. The van der Waals surface area contributed by atoms with Gasteiger partial charge in [-0.15, -0.1) is 0 Å². The molecule has 0 heterocycles. The Kier molecular flexibility index (Phi) is 5.92. The van der Waals surface area contributed by atoms with Gasteiger partial charge in [0.1, 0.15) is 11.5 Å². The maximum Gasteiger partial charge on any atom is 0.460 e. The van der Waals surface area contributed by atoms with Crippen LogP contribution in [0.1, 0.15) is 52.7 Å². The molecule has 4 heteroatoms. The van der Waals surface area contributed by atoms with Crippen molar-refractivity contribution in [1.29, 1.82) is 0 Å². The molecule has 4 aromatic rings. The van der Waals surface area contributed by atoms with E-state index in [9.17, 15) is 4.89 Å². The van der Waals surface area contributed by atoms with E-state index in [4.69, 9.17) is 9.05 Å². The highest BCUT2D eigenvalue weighted by Crippen LogP contribution is 2.40. The van der Waals surface area contributed by atoms with E-state index in [1.165, 1.54) is 11.1 Å². The Balaban J connectivity index is 1.59. The molecule has 0 radical (unpaired) electrons. The quantitative estimate of drug-likeness (QED) is 0.321. The number of benzene rings is 4. The van der Waals surface area contributed by atoms with Crippen LogP contribution in [-0.4, -0.2) is 4.89 Å². The highest BCUT2D eigenvalue weighted by molar-refractivity contribution is 7.41. The highest BCUT2D eigenvalue weighted by atomic mass is 31.2. The fourth-order valence-electron chi connectivity index (χ4n) is 4.12. The summed E-state index contributed by atoms with van der Waals surface area (Å²) in [6.07, 6.45) is 0. The van der Waals surface area contributed by atoms with E-state index in [1.807, 2.05) is 36.4 Å². The molecule has 3 nitrogen and oxygen atoms in total. The number of hydrogen-bond donors (Lipinski definition) is 1. The SMILES string of the molecule is CC(C)(C)c1cccc2ccc(OP(O)Oc3ccc4cccc(C(C)(C)C)c4c3)cc12. The lowest BCUT2D eigenvalue weighted by molar-refractivity contribution is 0.382. The molecule has 0 aliphatic heterocycles. The predicted octanol–water partition coefficient (Wildman–Crippen LogP) is 8.27. The van der Waals surface area contributed by atoms with Crippen LogP contribution in [0.25, 0.3) is 21.5 Å². The zero-order chi connectivity index (χ0) is 23.1. The lowest BCUT2D eigenvalue weighted by Crippen LogP contribution is -2.11. The summed E-state index contributed by atoms with van der Waals surface area (Å²) >= 11 is 0. The molecule has 0 spiro atoms. The van der Waals surface area contributed by atoms with Crippen molar-refractivity contribution in [3.63, 3.8) is 0 Å². The molecule has 4 aromatic carbocycles. The van der Waals surface area contributed by atoms with Crippen LogP contribution in [0.3, 0.4) is 0 Å². The van der Waals surface area contributed by atoms with Crippen molar-refractivity contribution < 1.29 is 13.9 Å². The Morgan fingerprint density at radius 3 is 1.38 bits per heavy atom. The molecule has 4 rings (SSSR count). The summed E-state index contributed by atoms with van der Waals surface area (Å²) in [6.45, 7) is 13.2. The van der Waals surface area contributed by atoms with Crippen LogP contribution in [0, 0.1) is 0 Å². The van der Waals surface area contributed by atoms with E-state index < -0.39 is 8.60 Å². The molecule has 32 heavy (non-hydrogen) atoms. The Hall–Kier alpha value is -2.61. The smallest absolute Gasteiger partial charge is 0.418 e. The third-order valence-electron chi connectivity index (χ3n) is 5.69. The van der Waals surface area contributed by atoms with Gasteiger partial charge in [0.05, 0.1) is 0 Å². The van der Waals surface area contributed by atoms with E-state index in [0.29, 0.717) is 11.5 Å². The Morgan fingerprint density at radius 2 is 1.00 bits per heavy atom. The summed E-state index contributed by atoms with van der Waals surface area (Å²) in [5, 5.41) is 4.55. The Morgan fingerprint density at radius 1 is 0.594 bits per heavy atom. The highest BCUT2D eigenvalue weighted by Gasteiger charge is 2.20. The number of fused-ring (bicyclic) bond motifs is 2. The van der Waals surface area contributed by atoms with Crippen LogP contribution in [0.15, 0.2) is 72.8 Å². The molecule has 0 aliphatic rings. The van der Waals surface area contributed by atoms with Gasteiger partial charge in [-0.3, -0.25) is 0 Å². The summed E-state index contributed by atoms with van der Waals surface area (Å²) in [7, 11) is -2.12. The lowest BCUT2D eigenvalue weighted by atomic mass is 9.84. The Labute approximate surface area is 192 Å². The molecule has 1 N–H and O–H groups in total. The van der Waals surface area contributed by atoms with E-state index >= 15 is 0 Å². The second-order valence-corrected chi connectivity index (χ2v) is 11.1. The van der Waals surface area contributed by atoms with E-state index in [0.717, 1.165) is 21.5 Å². The average molecular weight is 447 g/mol. The summed E-state index contributed by atoms with van der Waals surface area (Å²) in [5.41, 5.74) is 2.50. The van der Waals surface area contributed by atoms with Gasteiger partial charge in [0.25, 0.3) is 0 Å². The lowest BCUT2D eigenvalue weighted by Gasteiger charge is -2.22. The first-order valence-electron chi connectivity index (χ1n) is 10.9. The molecule has 0 atom stereocenters. The number of hydrogen-bond acceptors (Lipinski definition) is 3. The van der Waals surface area contributed by atoms with E-state index in [-0.39, 0.29) is 10.8 Å². The normalized spacial score (nSPS) is 12.5.